The highest BCUT2D eigenvalue weighted by atomic mass is 32.2. The Labute approximate surface area is 99.0 Å². The van der Waals surface area contributed by atoms with E-state index in [2.05, 4.69) is 27.7 Å². The van der Waals surface area contributed by atoms with Gasteiger partial charge in [0.2, 0.25) is 0 Å². The third-order valence-electron chi connectivity index (χ3n) is 3.94. The summed E-state index contributed by atoms with van der Waals surface area (Å²) in [6.45, 7) is 8.95. The number of rotatable bonds is 4. The largest absolute Gasteiger partial charge is 0.388 e. The van der Waals surface area contributed by atoms with Gasteiger partial charge in [-0.3, -0.25) is 0 Å². The van der Waals surface area contributed by atoms with Crippen molar-refractivity contribution in [1.82, 2.24) is 0 Å². The molecule has 1 heterocycles. The van der Waals surface area contributed by atoms with Gasteiger partial charge in [-0.1, -0.05) is 40.5 Å². The zero-order chi connectivity index (χ0) is 11.5. The van der Waals surface area contributed by atoms with Crippen LogP contribution in [0.4, 0.5) is 0 Å². The second-order valence-corrected chi connectivity index (χ2v) is 6.92. The average Bonchev–Trinajstić information content (AvgIpc) is 2.11. The highest BCUT2D eigenvalue weighted by molar-refractivity contribution is 7.99. The van der Waals surface area contributed by atoms with Gasteiger partial charge in [-0.05, 0) is 29.9 Å². The molecule has 0 aromatic rings. The van der Waals surface area contributed by atoms with E-state index in [0.717, 1.165) is 18.6 Å². The van der Waals surface area contributed by atoms with Crippen molar-refractivity contribution in [3.63, 3.8) is 0 Å². The van der Waals surface area contributed by atoms with Gasteiger partial charge in [-0.25, -0.2) is 0 Å². The van der Waals surface area contributed by atoms with E-state index < -0.39 is 5.60 Å². The van der Waals surface area contributed by atoms with Crippen LogP contribution in [0.2, 0.25) is 0 Å². The molecular formula is C13H26OS. The van der Waals surface area contributed by atoms with Crippen LogP contribution in [0.15, 0.2) is 0 Å². The van der Waals surface area contributed by atoms with Gasteiger partial charge < -0.3 is 5.11 Å². The summed E-state index contributed by atoms with van der Waals surface area (Å²) in [6, 6.07) is 0. The Morgan fingerprint density at radius 3 is 2.60 bits per heavy atom. The van der Waals surface area contributed by atoms with Crippen LogP contribution in [0.3, 0.4) is 0 Å². The first-order chi connectivity index (χ1) is 6.91. The Kier molecular flexibility index (Phi) is 4.54. The predicted octanol–water partition coefficient (Wildman–Crippen LogP) is 3.71. The van der Waals surface area contributed by atoms with Gasteiger partial charge >= 0.3 is 0 Å². The topological polar surface area (TPSA) is 20.2 Å². The first-order valence-electron chi connectivity index (χ1n) is 6.21. The van der Waals surface area contributed by atoms with Crippen LogP contribution < -0.4 is 0 Å². The highest BCUT2D eigenvalue weighted by Crippen LogP contribution is 2.45. The standard InChI is InChI=1S/C13H26OS/c1-5-6-11(2)9-13(14)10-15-8-7-12(13,3)4/h11,14H,5-10H2,1-4H3. The van der Waals surface area contributed by atoms with E-state index >= 15 is 0 Å². The summed E-state index contributed by atoms with van der Waals surface area (Å²) in [7, 11) is 0. The summed E-state index contributed by atoms with van der Waals surface area (Å²) in [5.74, 6) is 2.78. The van der Waals surface area contributed by atoms with Crippen molar-refractivity contribution in [2.45, 2.75) is 59.0 Å². The Bertz CT molecular complexity index is 203. The van der Waals surface area contributed by atoms with E-state index in [-0.39, 0.29) is 5.41 Å². The summed E-state index contributed by atoms with van der Waals surface area (Å²) in [5, 5.41) is 10.8. The third-order valence-corrected chi connectivity index (χ3v) is 5.11. The zero-order valence-corrected chi connectivity index (χ0v) is 11.5. The third kappa shape index (κ3) is 3.13. The van der Waals surface area contributed by atoms with E-state index in [1.54, 1.807) is 0 Å². The molecule has 2 heteroatoms. The molecule has 0 bridgehead atoms. The number of hydrogen-bond acceptors (Lipinski definition) is 2. The molecule has 0 amide bonds. The second kappa shape index (κ2) is 5.09. The van der Waals surface area contributed by atoms with Crippen LogP contribution in [0.1, 0.15) is 53.4 Å². The minimum Gasteiger partial charge on any atom is -0.388 e. The van der Waals surface area contributed by atoms with Crippen molar-refractivity contribution in [3.05, 3.63) is 0 Å². The first-order valence-corrected chi connectivity index (χ1v) is 7.37. The maximum absolute atomic E-state index is 10.8. The van der Waals surface area contributed by atoms with Gasteiger partial charge in [0.05, 0.1) is 5.60 Å². The molecule has 0 aliphatic carbocycles. The summed E-state index contributed by atoms with van der Waals surface area (Å²) in [6.07, 6.45) is 4.59. The maximum Gasteiger partial charge on any atom is 0.0791 e. The number of thioether (sulfide) groups is 1. The fourth-order valence-electron chi connectivity index (χ4n) is 2.50. The minimum atomic E-state index is -0.440. The molecule has 1 aliphatic heterocycles. The maximum atomic E-state index is 10.8. The molecule has 1 nitrogen and oxygen atoms in total. The lowest BCUT2D eigenvalue weighted by Crippen LogP contribution is -2.50. The number of aliphatic hydroxyl groups is 1. The summed E-state index contributed by atoms with van der Waals surface area (Å²) < 4.78 is 0. The predicted molar refractivity (Wildman–Crippen MR) is 69.4 cm³/mol. The van der Waals surface area contributed by atoms with Crippen molar-refractivity contribution in [3.8, 4) is 0 Å². The lowest BCUT2D eigenvalue weighted by atomic mass is 9.69. The molecule has 15 heavy (non-hydrogen) atoms. The van der Waals surface area contributed by atoms with Gasteiger partial charge in [0.25, 0.3) is 0 Å². The molecule has 1 saturated heterocycles. The van der Waals surface area contributed by atoms with Gasteiger partial charge in [-0.15, -0.1) is 0 Å². The van der Waals surface area contributed by atoms with Crippen LogP contribution in [0, 0.1) is 11.3 Å². The monoisotopic (exact) mass is 230 g/mol. The normalized spacial score (nSPS) is 32.6. The van der Waals surface area contributed by atoms with Crippen LogP contribution in [-0.4, -0.2) is 22.2 Å². The number of hydrogen-bond donors (Lipinski definition) is 1. The van der Waals surface area contributed by atoms with Crippen LogP contribution in [0.25, 0.3) is 0 Å². The minimum absolute atomic E-state index is 0.0975. The molecule has 0 saturated carbocycles. The Balaban J connectivity index is 2.62. The van der Waals surface area contributed by atoms with Gasteiger partial charge in [-0.2, -0.15) is 11.8 Å². The van der Waals surface area contributed by atoms with E-state index in [4.69, 9.17) is 0 Å². The Morgan fingerprint density at radius 2 is 2.07 bits per heavy atom. The molecule has 1 aliphatic rings. The molecule has 0 spiro atoms. The molecule has 2 unspecified atom stereocenters. The molecule has 1 N–H and O–H groups in total. The molecule has 1 fully saturated rings. The quantitative estimate of drug-likeness (QED) is 0.794. The zero-order valence-electron chi connectivity index (χ0n) is 10.7. The summed E-state index contributed by atoms with van der Waals surface area (Å²) >= 11 is 1.91. The van der Waals surface area contributed by atoms with E-state index in [1.807, 2.05) is 11.8 Å². The van der Waals surface area contributed by atoms with Gasteiger partial charge in [0, 0.05) is 5.75 Å². The summed E-state index contributed by atoms with van der Waals surface area (Å²) in [5.41, 5.74) is -0.343. The van der Waals surface area contributed by atoms with Crippen molar-refractivity contribution in [1.29, 1.82) is 0 Å². The molecule has 0 aromatic heterocycles. The lowest BCUT2D eigenvalue weighted by molar-refractivity contribution is -0.0685. The fourth-order valence-corrected chi connectivity index (χ4v) is 4.15. The van der Waals surface area contributed by atoms with E-state index in [9.17, 15) is 5.11 Å². The fraction of sp³-hybridized carbons (Fsp3) is 1.00. The SMILES string of the molecule is CCCC(C)CC1(O)CSCCC1(C)C. The molecule has 0 aromatic carbocycles. The lowest BCUT2D eigenvalue weighted by Gasteiger charge is -2.47. The second-order valence-electron chi connectivity index (χ2n) is 5.82. The highest BCUT2D eigenvalue weighted by Gasteiger charge is 2.45. The van der Waals surface area contributed by atoms with Crippen molar-refractivity contribution in [2.24, 2.45) is 11.3 Å². The molecular weight excluding hydrogens is 204 g/mol. The van der Waals surface area contributed by atoms with Gasteiger partial charge in [0.15, 0.2) is 0 Å². The first kappa shape index (κ1) is 13.4. The van der Waals surface area contributed by atoms with Crippen molar-refractivity contribution in [2.75, 3.05) is 11.5 Å². The Hall–Kier alpha value is 0.310. The molecule has 2 atom stereocenters. The molecule has 90 valence electrons. The van der Waals surface area contributed by atoms with E-state index in [1.165, 1.54) is 18.6 Å². The summed E-state index contributed by atoms with van der Waals surface area (Å²) in [4.78, 5) is 0. The van der Waals surface area contributed by atoms with Gasteiger partial charge in [0.1, 0.15) is 0 Å². The molecule has 1 rings (SSSR count). The van der Waals surface area contributed by atoms with Crippen LogP contribution in [0.5, 0.6) is 0 Å². The van der Waals surface area contributed by atoms with Crippen LogP contribution in [-0.2, 0) is 0 Å². The van der Waals surface area contributed by atoms with Crippen molar-refractivity contribution < 1.29 is 5.11 Å². The smallest absolute Gasteiger partial charge is 0.0791 e. The van der Waals surface area contributed by atoms with E-state index in [0.29, 0.717) is 5.92 Å². The van der Waals surface area contributed by atoms with Crippen molar-refractivity contribution >= 4 is 11.8 Å². The Morgan fingerprint density at radius 1 is 1.40 bits per heavy atom. The van der Waals surface area contributed by atoms with Crippen LogP contribution >= 0.6 is 11.8 Å². The molecule has 0 radical (unpaired) electrons. The average molecular weight is 230 g/mol.